The molecular formula is C26H34Cl2N4O5. The average molecular weight is 553 g/mol. The summed E-state index contributed by atoms with van der Waals surface area (Å²) in [6, 6.07) is 4.98. The molecular weight excluding hydrogens is 519 g/mol. The normalized spacial score (nSPS) is 27.8. The molecule has 3 amide bonds. The van der Waals surface area contributed by atoms with Gasteiger partial charge in [-0.25, -0.2) is 4.79 Å². The summed E-state index contributed by atoms with van der Waals surface area (Å²) in [4.78, 5) is 43.3. The monoisotopic (exact) mass is 552 g/mol. The molecule has 3 atom stereocenters. The van der Waals surface area contributed by atoms with Gasteiger partial charge in [0, 0.05) is 74.2 Å². The van der Waals surface area contributed by atoms with Gasteiger partial charge in [0.25, 0.3) is 0 Å². The van der Waals surface area contributed by atoms with Crippen molar-refractivity contribution in [2.45, 2.75) is 44.4 Å². The smallest absolute Gasteiger partial charge is 0.410 e. The van der Waals surface area contributed by atoms with Crippen LogP contribution in [0.15, 0.2) is 18.2 Å². The lowest BCUT2D eigenvalue weighted by molar-refractivity contribution is -0.141. The molecule has 0 spiro atoms. The highest BCUT2D eigenvalue weighted by atomic mass is 35.5. The van der Waals surface area contributed by atoms with E-state index in [0.29, 0.717) is 60.9 Å². The Kier molecular flexibility index (Phi) is 8.14. The van der Waals surface area contributed by atoms with Gasteiger partial charge >= 0.3 is 6.09 Å². The van der Waals surface area contributed by atoms with E-state index in [1.807, 2.05) is 0 Å². The Morgan fingerprint density at radius 1 is 0.973 bits per heavy atom. The molecule has 0 bridgehead atoms. The van der Waals surface area contributed by atoms with E-state index in [0.717, 1.165) is 38.0 Å². The van der Waals surface area contributed by atoms with E-state index in [2.05, 4.69) is 10.2 Å². The molecule has 1 saturated carbocycles. The van der Waals surface area contributed by atoms with Crippen LogP contribution < -0.4 is 5.32 Å². The highest BCUT2D eigenvalue weighted by Crippen LogP contribution is 2.41. The van der Waals surface area contributed by atoms with Crippen molar-refractivity contribution in [2.75, 3.05) is 45.8 Å². The summed E-state index contributed by atoms with van der Waals surface area (Å²) in [5.74, 6) is 1.19. The van der Waals surface area contributed by atoms with Gasteiger partial charge in [0.05, 0.1) is 6.10 Å². The van der Waals surface area contributed by atoms with Crippen molar-refractivity contribution in [3.05, 3.63) is 33.8 Å². The lowest BCUT2D eigenvalue weighted by Crippen LogP contribution is -2.53. The van der Waals surface area contributed by atoms with Gasteiger partial charge < -0.3 is 29.9 Å². The third-order valence-electron chi connectivity index (χ3n) is 8.13. The predicted octanol–water partition coefficient (Wildman–Crippen LogP) is 2.37. The number of carbonyl (C=O) groups is 3. The van der Waals surface area contributed by atoms with Crippen molar-refractivity contribution >= 4 is 41.1 Å². The van der Waals surface area contributed by atoms with E-state index in [1.54, 1.807) is 28.0 Å². The number of fused-ring (bicyclic) bond motifs is 1. The number of aliphatic hydroxyl groups excluding tert-OH is 1. The third-order valence-corrected chi connectivity index (χ3v) is 8.57. The summed E-state index contributed by atoms with van der Waals surface area (Å²) < 4.78 is 5.41. The second-order valence-corrected chi connectivity index (χ2v) is 11.8. The summed E-state index contributed by atoms with van der Waals surface area (Å²) in [6.07, 6.45) is 2.18. The Morgan fingerprint density at radius 2 is 1.65 bits per heavy atom. The Hall–Kier alpha value is -2.07. The van der Waals surface area contributed by atoms with Crippen LogP contribution in [0.3, 0.4) is 0 Å². The lowest BCUT2D eigenvalue weighted by atomic mass is 10.0. The summed E-state index contributed by atoms with van der Waals surface area (Å²) in [5, 5.41) is 13.5. The minimum atomic E-state index is -0.410. The van der Waals surface area contributed by atoms with Gasteiger partial charge in [-0.2, -0.15) is 0 Å². The van der Waals surface area contributed by atoms with E-state index in [1.165, 1.54) is 0 Å². The molecule has 0 aromatic heterocycles. The molecule has 202 valence electrons. The molecule has 1 aliphatic carbocycles. The largest absolute Gasteiger partial charge is 0.445 e. The zero-order valence-corrected chi connectivity index (χ0v) is 22.3. The first-order valence-corrected chi connectivity index (χ1v) is 13.8. The average Bonchev–Trinajstić information content (AvgIpc) is 3.53. The molecule has 3 aliphatic heterocycles. The molecule has 3 heterocycles. The van der Waals surface area contributed by atoms with Gasteiger partial charge in [0.15, 0.2) is 0 Å². The highest BCUT2D eigenvalue weighted by Gasteiger charge is 2.44. The Bertz CT molecular complexity index is 1000. The van der Waals surface area contributed by atoms with Crippen LogP contribution in [0.5, 0.6) is 0 Å². The van der Waals surface area contributed by atoms with Crippen LogP contribution in [-0.2, 0) is 20.9 Å². The van der Waals surface area contributed by atoms with E-state index in [9.17, 15) is 19.5 Å². The second kappa shape index (κ2) is 11.4. The number of nitrogens with one attached hydrogen (secondary N) is 1. The van der Waals surface area contributed by atoms with Crippen LogP contribution in [0, 0.1) is 17.8 Å². The van der Waals surface area contributed by atoms with Crippen molar-refractivity contribution in [3.63, 3.8) is 0 Å². The van der Waals surface area contributed by atoms with Crippen LogP contribution in [0.1, 0.15) is 31.2 Å². The number of β-amino-alcohol motifs (C(OH)–C–C–N with tert-alkyl or cyclic N) is 1. The third kappa shape index (κ3) is 6.50. The maximum absolute atomic E-state index is 13.0. The number of aliphatic hydroxyl groups is 1. The SMILES string of the molecule is O=C(N[C@@H]1CCN(C(=O)OCc2cc(Cl)cc(Cl)c2)C1)C1CC2CN(CCC(=O)N3CC(O)C3)CC2C1. The number of amides is 3. The fourth-order valence-corrected chi connectivity index (χ4v) is 6.73. The van der Waals surface area contributed by atoms with Crippen LogP contribution >= 0.6 is 23.2 Å². The van der Waals surface area contributed by atoms with Crippen LogP contribution in [0.2, 0.25) is 10.0 Å². The number of halogens is 2. The van der Waals surface area contributed by atoms with Crippen molar-refractivity contribution in [2.24, 2.45) is 17.8 Å². The Labute approximate surface area is 227 Å². The Morgan fingerprint density at radius 3 is 2.30 bits per heavy atom. The van der Waals surface area contributed by atoms with Gasteiger partial charge in [0.1, 0.15) is 6.61 Å². The molecule has 37 heavy (non-hydrogen) atoms. The fourth-order valence-electron chi connectivity index (χ4n) is 6.16. The quantitative estimate of drug-likeness (QED) is 0.538. The number of rotatable bonds is 7. The van der Waals surface area contributed by atoms with E-state index >= 15 is 0 Å². The molecule has 1 aromatic carbocycles. The number of nitrogens with zero attached hydrogens (tertiary/aromatic N) is 3. The van der Waals surface area contributed by atoms with Crippen LogP contribution in [-0.4, -0.2) is 95.7 Å². The number of ether oxygens (including phenoxy) is 1. The molecule has 4 fully saturated rings. The minimum absolute atomic E-state index is 0.00920. The first-order valence-electron chi connectivity index (χ1n) is 13.1. The van der Waals surface area contributed by atoms with Crippen molar-refractivity contribution in [1.82, 2.24) is 20.0 Å². The number of benzene rings is 1. The summed E-state index contributed by atoms with van der Waals surface area (Å²) in [6.45, 7) is 4.60. The molecule has 11 heteroatoms. The Balaban J connectivity index is 0.998. The molecule has 5 rings (SSSR count). The summed E-state index contributed by atoms with van der Waals surface area (Å²) in [5.41, 5.74) is 0.725. The number of hydrogen-bond donors (Lipinski definition) is 2. The van der Waals surface area contributed by atoms with E-state index < -0.39 is 6.09 Å². The maximum Gasteiger partial charge on any atom is 0.410 e. The predicted molar refractivity (Wildman–Crippen MR) is 138 cm³/mol. The van der Waals surface area contributed by atoms with Gasteiger partial charge in [-0.3, -0.25) is 9.59 Å². The molecule has 0 radical (unpaired) electrons. The molecule has 3 saturated heterocycles. The zero-order valence-electron chi connectivity index (χ0n) is 20.8. The minimum Gasteiger partial charge on any atom is -0.445 e. The molecule has 9 nitrogen and oxygen atoms in total. The molecule has 2 unspecified atom stereocenters. The lowest BCUT2D eigenvalue weighted by Gasteiger charge is -2.36. The van der Waals surface area contributed by atoms with Gasteiger partial charge in [-0.05, 0) is 54.9 Å². The van der Waals surface area contributed by atoms with Gasteiger partial charge in [-0.1, -0.05) is 23.2 Å². The summed E-state index contributed by atoms with van der Waals surface area (Å²) in [7, 11) is 0. The van der Waals surface area contributed by atoms with Crippen molar-refractivity contribution in [3.8, 4) is 0 Å². The first kappa shape index (κ1) is 26.5. The number of carbonyl (C=O) groups excluding carboxylic acids is 3. The van der Waals surface area contributed by atoms with E-state index in [-0.39, 0.29) is 36.5 Å². The number of hydrogen-bond acceptors (Lipinski definition) is 6. The van der Waals surface area contributed by atoms with Crippen molar-refractivity contribution < 1.29 is 24.2 Å². The van der Waals surface area contributed by atoms with Crippen molar-refractivity contribution in [1.29, 1.82) is 0 Å². The summed E-state index contributed by atoms with van der Waals surface area (Å²) >= 11 is 12.0. The molecule has 4 aliphatic rings. The first-order chi connectivity index (χ1) is 17.7. The second-order valence-electron chi connectivity index (χ2n) is 10.9. The topological polar surface area (TPSA) is 102 Å². The molecule has 2 N–H and O–H groups in total. The number of likely N-dealkylation sites (tertiary alicyclic amines) is 3. The maximum atomic E-state index is 13.0. The van der Waals surface area contributed by atoms with Gasteiger partial charge in [-0.15, -0.1) is 0 Å². The fraction of sp³-hybridized carbons (Fsp3) is 0.654. The standard InChI is InChI=1S/C26H34Cl2N4O5/c27-20-5-16(6-21(28)9-20)15-37-26(36)31-4-1-22(12-31)29-25(35)17-7-18-10-30(11-19(18)8-17)3-2-24(34)32-13-23(33)14-32/h5-6,9,17-19,22-23,33H,1-4,7-8,10-15H2,(H,29,35)/t17?,18?,19?,22-/m1/s1. The van der Waals surface area contributed by atoms with Crippen LogP contribution in [0.25, 0.3) is 0 Å². The van der Waals surface area contributed by atoms with Crippen LogP contribution in [0.4, 0.5) is 4.79 Å². The highest BCUT2D eigenvalue weighted by molar-refractivity contribution is 6.34. The van der Waals surface area contributed by atoms with Gasteiger partial charge in [0.2, 0.25) is 11.8 Å². The zero-order chi connectivity index (χ0) is 26.1. The van der Waals surface area contributed by atoms with E-state index in [4.69, 9.17) is 27.9 Å². The molecule has 1 aromatic rings.